The van der Waals surface area contributed by atoms with Crippen LogP contribution in [0.5, 0.6) is 0 Å². The molecule has 0 radical (unpaired) electrons. The Bertz CT molecular complexity index is 818. The Balaban J connectivity index is 1.60. The van der Waals surface area contributed by atoms with Gasteiger partial charge in [0.25, 0.3) is 0 Å². The topological polar surface area (TPSA) is 3.24 Å². The predicted octanol–water partition coefficient (Wildman–Crippen LogP) is 6.00. The van der Waals surface area contributed by atoms with Crippen molar-refractivity contribution in [1.82, 2.24) is 0 Å². The summed E-state index contributed by atoms with van der Waals surface area (Å²) >= 11 is 0. The normalized spacial score (nSPS) is 13.4. The Morgan fingerprint density at radius 3 is 2.00 bits per heavy atom. The third-order valence-electron chi connectivity index (χ3n) is 5.08. The van der Waals surface area contributed by atoms with Crippen molar-refractivity contribution in [2.75, 3.05) is 11.9 Å². The molecule has 0 saturated heterocycles. The molecule has 3 aromatic carbocycles. The molecule has 0 atom stereocenters. The SMILES string of the molecule is CN(c1ccccc1)c1ccc(-c2ccc3c(c2)CCCC3)cc1. The summed E-state index contributed by atoms with van der Waals surface area (Å²) in [6, 6.07) is 26.4. The van der Waals surface area contributed by atoms with E-state index >= 15 is 0 Å². The summed E-state index contributed by atoms with van der Waals surface area (Å²) in [5.41, 5.74) is 8.15. The molecule has 1 heteroatoms. The summed E-state index contributed by atoms with van der Waals surface area (Å²) in [5.74, 6) is 0. The lowest BCUT2D eigenvalue weighted by atomic mass is 9.89. The molecule has 1 aliphatic rings. The molecule has 0 N–H and O–H groups in total. The molecule has 120 valence electrons. The third-order valence-corrected chi connectivity index (χ3v) is 5.08. The summed E-state index contributed by atoms with van der Waals surface area (Å²) in [4.78, 5) is 2.22. The number of hydrogen-bond acceptors (Lipinski definition) is 1. The molecule has 0 fully saturated rings. The molecule has 0 heterocycles. The van der Waals surface area contributed by atoms with Crippen LogP contribution in [0.2, 0.25) is 0 Å². The van der Waals surface area contributed by atoms with E-state index in [0.29, 0.717) is 0 Å². The van der Waals surface area contributed by atoms with Crippen molar-refractivity contribution in [3.8, 4) is 11.1 Å². The van der Waals surface area contributed by atoms with Crippen LogP contribution < -0.4 is 4.90 Å². The summed E-state index contributed by atoms with van der Waals surface area (Å²) < 4.78 is 0. The van der Waals surface area contributed by atoms with Gasteiger partial charge in [-0.05, 0) is 72.2 Å². The summed E-state index contributed by atoms with van der Waals surface area (Å²) in [7, 11) is 2.11. The van der Waals surface area contributed by atoms with Crippen molar-refractivity contribution in [2.24, 2.45) is 0 Å². The standard InChI is InChI=1S/C23H23N/c1-24(22-9-3-2-4-10-22)23-15-13-19(14-16-23)21-12-11-18-7-5-6-8-20(18)17-21/h2-4,9-17H,5-8H2,1H3. The molecular weight excluding hydrogens is 290 g/mol. The van der Waals surface area contributed by atoms with Crippen molar-refractivity contribution in [1.29, 1.82) is 0 Å². The van der Waals surface area contributed by atoms with Crippen LogP contribution in [0, 0.1) is 0 Å². The van der Waals surface area contributed by atoms with Crippen LogP contribution in [-0.4, -0.2) is 7.05 Å². The second-order valence-electron chi connectivity index (χ2n) is 6.63. The van der Waals surface area contributed by atoms with Gasteiger partial charge in [0.05, 0.1) is 0 Å². The first-order chi connectivity index (χ1) is 11.8. The quantitative estimate of drug-likeness (QED) is 0.573. The number of para-hydroxylation sites is 1. The van der Waals surface area contributed by atoms with Crippen LogP contribution in [0.4, 0.5) is 11.4 Å². The summed E-state index contributed by atoms with van der Waals surface area (Å²) in [6.45, 7) is 0. The van der Waals surface area contributed by atoms with Crippen LogP contribution in [0.1, 0.15) is 24.0 Å². The molecule has 0 aromatic heterocycles. The van der Waals surface area contributed by atoms with Crippen molar-refractivity contribution in [2.45, 2.75) is 25.7 Å². The monoisotopic (exact) mass is 313 g/mol. The van der Waals surface area contributed by atoms with Crippen molar-refractivity contribution in [3.63, 3.8) is 0 Å². The molecule has 0 spiro atoms. The minimum atomic E-state index is 1.21. The molecule has 1 aliphatic carbocycles. The highest BCUT2D eigenvalue weighted by Gasteiger charge is 2.10. The zero-order chi connectivity index (χ0) is 16.4. The van der Waals surface area contributed by atoms with Crippen LogP contribution in [0.25, 0.3) is 11.1 Å². The smallest absolute Gasteiger partial charge is 0.0408 e. The first-order valence-corrected chi connectivity index (χ1v) is 8.82. The number of benzene rings is 3. The van der Waals surface area contributed by atoms with Gasteiger partial charge in [0.1, 0.15) is 0 Å². The van der Waals surface area contributed by atoms with Gasteiger partial charge >= 0.3 is 0 Å². The van der Waals surface area contributed by atoms with Crippen LogP contribution in [-0.2, 0) is 12.8 Å². The molecule has 1 nitrogen and oxygen atoms in total. The van der Waals surface area contributed by atoms with E-state index in [9.17, 15) is 0 Å². The number of hydrogen-bond donors (Lipinski definition) is 0. The maximum atomic E-state index is 2.39. The molecular formula is C23H23N. The van der Waals surface area contributed by atoms with Gasteiger partial charge in [-0.15, -0.1) is 0 Å². The van der Waals surface area contributed by atoms with E-state index in [1.54, 1.807) is 11.1 Å². The maximum Gasteiger partial charge on any atom is 0.0408 e. The van der Waals surface area contributed by atoms with Crippen LogP contribution >= 0.6 is 0 Å². The first kappa shape index (κ1) is 15.0. The first-order valence-electron chi connectivity index (χ1n) is 8.82. The Hall–Kier alpha value is -2.54. The van der Waals surface area contributed by atoms with Crippen molar-refractivity contribution < 1.29 is 0 Å². The summed E-state index contributed by atoms with van der Waals surface area (Å²) in [6.07, 6.45) is 5.15. The van der Waals surface area contributed by atoms with E-state index in [4.69, 9.17) is 0 Å². The highest BCUT2D eigenvalue weighted by atomic mass is 15.1. The van der Waals surface area contributed by atoms with Gasteiger partial charge in [-0.3, -0.25) is 0 Å². The molecule has 0 bridgehead atoms. The molecule has 0 saturated carbocycles. The highest BCUT2D eigenvalue weighted by molar-refractivity contribution is 5.70. The number of aryl methyl sites for hydroxylation is 2. The second kappa shape index (κ2) is 6.52. The molecule has 0 aliphatic heterocycles. The average molecular weight is 313 g/mol. The zero-order valence-corrected chi connectivity index (χ0v) is 14.2. The van der Waals surface area contributed by atoms with Gasteiger partial charge in [-0.25, -0.2) is 0 Å². The largest absolute Gasteiger partial charge is 0.345 e. The molecule has 0 amide bonds. The summed E-state index contributed by atoms with van der Waals surface area (Å²) in [5, 5.41) is 0. The lowest BCUT2D eigenvalue weighted by Gasteiger charge is -2.20. The van der Waals surface area contributed by atoms with Crippen LogP contribution in [0.3, 0.4) is 0 Å². The number of nitrogens with zero attached hydrogens (tertiary/aromatic N) is 1. The van der Waals surface area contributed by atoms with E-state index in [1.807, 2.05) is 0 Å². The van der Waals surface area contributed by atoms with Gasteiger partial charge in [-0.2, -0.15) is 0 Å². The fourth-order valence-corrected chi connectivity index (χ4v) is 3.59. The van der Waals surface area contributed by atoms with Gasteiger partial charge in [-0.1, -0.05) is 48.5 Å². The third kappa shape index (κ3) is 2.94. The number of fused-ring (bicyclic) bond motifs is 1. The lowest BCUT2D eigenvalue weighted by molar-refractivity contribution is 0.686. The number of rotatable bonds is 3. The lowest BCUT2D eigenvalue weighted by Crippen LogP contribution is -2.08. The van der Waals surface area contributed by atoms with Gasteiger partial charge < -0.3 is 4.90 Å². The zero-order valence-electron chi connectivity index (χ0n) is 14.2. The van der Waals surface area contributed by atoms with Crippen LogP contribution in [0.15, 0.2) is 72.8 Å². The van der Waals surface area contributed by atoms with E-state index in [-0.39, 0.29) is 0 Å². The maximum absolute atomic E-state index is 2.39. The van der Waals surface area contributed by atoms with Crippen molar-refractivity contribution in [3.05, 3.63) is 83.9 Å². The van der Waals surface area contributed by atoms with Crippen molar-refractivity contribution >= 4 is 11.4 Å². The van der Waals surface area contributed by atoms with Gasteiger partial charge in [0, 0.05) is 18.4 Å². The molecule has 0 unspecified atom stereocenters. The van der Waals surface area contributed by atoms with E-state index in [1.165, 1.54) is 48.2 Å². The average Bonchev–Trinajstić information content (AvgIpc) is 2.68. The van der Waals surface area contributed by atoms with E-state index in [2.05, 4.69) is 84.7 Å². The Kier molecular flexibility index (Phi) is 4.08. The van der Waals surface area contributed by atoms with E-state index in [0.717, 1.165) is 0 Å². The van der Waals surface area contributed by atoms with Gasteiger partial charge in [0.2, 0.25) is 0 Å². The van der Waals surface area contributed by atoms with Gasteiger partial charge in [0.15, 0.2) is 0 Å². The number of anilines is 2. The second-order valence-corrected chi connectivity index (χ2v) is 6.63. The molecule has 4 rings (SSSR count). The fraction of sp³-hybridized carbons (Fsp3) is 0.217. The minimum absolute atomic E-state index is 1.21. The molecule has 24 heavy (non-hydrogen) atoms. The Morgan fingerprint density at radius 1 is 0.625 bits per heavy atom. The fourth-order valence-electron chi connectivity index (χ4n) is 3.59. The Morgan fingerprint density at radius 2 is 1.25 bits per heavy atom. The molecule has 3 aromatic rings. The highest BCUT2D eigenvalue weighted by Crippen LogP contribution is 2.30. The Labute approximate surface area is 144 Å². The van der Waals surface area contributed by atoms with E-state index < -0.39 is 0 Å². The minimum Gasteiger partial charge on any atom is -0.345 e. The predicted molar refractivity (Wildman–Crippen MR) is 103 cm³/mol.